The highest BCUT2D eigenvalue weighted by Gasteiger charge is 2.21. The Kier molecular flexibility index (Phi) is 7.02. The molecule has 5 heteroatoms. The highest BCUT2D eigenvalue weighted by atomic mass is 16.3. The summed E-state index contributed by atoms with van der Waals surface area (Å²) in [5, 5.41) is 14.9. The summed E-state index contributed by atoms with van der Waals surface area (Å²) in [6, 6.07) is 0.162. The summed E-state index contributed by atoms with van der Waals surface area (Å²) >= 11 is 0. The number of hydrogen-bond donors (Lipinski definition) is 3. The van der Waals surface area contributed by atoms with Gasteiger partial charge in [-0.2, -0.15) is 0 Å². The Morgan fingerprint density at radius 3 is 2.65 bits per heavy atom. The maximum atomic E-state index is 11.9. The number of hydrogen-bond acceptors (Lipinski definition) is 3. The molecule has 0 aliphatic carbocycles. The van der Waals surface area contributed by atoms with Crippen molar-refractivity contribution in [2.45, 2.75) is 39.2 Å². The maximum absolute atomic E-state index is 11.9. The molecule has 0 atom stereocenters. The number of likely N-dealkylation sites (tertiary alicyclic amines) is 1. The topological polar surface area (TPSA) is 64.6 Å². The third-order valence-corrected chi connectivity index (χ3v) is 3.83. The van der Waals surface area contributed by atoms with Crippen molar-refractivity contribution in [3.63, 3.8) is 0 Å². The Morgan fingerprint density at radius 2 is 2.10 bits per heavy atom. The SMILES string of the molecule is C=CCN1CCC(NC(=O)NCC(C)(C)CCO)CC1. The van der Waals surface area contributed by atoms with E-state index < -0.39 is 0 Å². The molecule has 0 saturated carbocycles. The third kappa shape index (κ3) is 6.39. The molecule has 0 aromatic rings. The number of urea groups is 1. The Morgan fingerprint density at radius 1 is 1.45 bits per heavy atom. The number of carbonyl (C=O) groups is 1. The lowest BCUT2D eigenvalue weighted by Crippen LogP contribution is -2.49. The van der Waals surface area contributed by atoms with E-state index in [9.17, 15) is 4.79 Å². The average Bonchev–Trinajstić information content (AvgIpc) is 2.39. The van der Waals surface area contributed by atoms with Crippen molar-refractivity contribution in [3.8, 4) is 0 Å². The second kappa shape index (κ2) is 8.27. The molecule has 1 aliphatic heterocycles. The first-order valence-electron chi connectivity index (χ1n) is 7.45. The quantitative estimate of drug-likeness (QED) is 0.618. The predicted molar refractivity (Wildman–Crippen MR) is 81.7 cm³/mol. The molecule has 0 aromatic carbocycles. The molecule has 2 amide bonds. The summed E-state index contributed by atoms with van der Waals surface area (Å²) < 4.78 is 0. The molecule has 1 saturated heterocycles. The van der Waals surface area contributed by atoms with Crippen LogP contribution < -0.4 is 10.6 Å². The molecule has 0 spiro atoms. The Bertz CT molecular complexity index is 310. The van der Waals surface area contributed by atoms with E-state index in [0.29, 0.717) is 13.0 Å². The van der Waals surface area contributed by atoms with Crippen LogP contribution in [0.5, 0.6) is 0 Å². The van der Waals surface area contributed by atoms with Crippen LogP contribution in [0.4, 0.5) is 4.79 Å². The molecule has 1 heterocycles. The van der Waals surface area contributed by atoms with E-state index in [0.717, 1.165) is 32.5 Å². The van der Waals surface area contributed by atoms with Gasteiger partial charge in [0.05, 0.1) is 0 Å². The first-order chi connectivity index (χ1) is 9.46. The number of aliphatic hydroxyl groups is 1. The summed E-state index contributed by atoms with van der Waals surface area (Å²) in [7, 11) is 0. The summed E-state index contributed by atoms with van der Waals surface area (Å²) in [5.41, 5.74) is -0.0700. The fraction of sp³-hybridized carbons (Fsp3) is 0.800. The van der Waals surface area contributed by atoms with E-state index >= 15 is 0 Å². The number of aliphatic hydroxyl groups excluding tert-OH is 1. The highest BCUT2D eigenvalue weighted by Crippen LogP contribution is 2.17. The first kappa shape index (κ1) is 17.0. The molecule has 0 bridgehead atoms. The molecule has 1 fully saturated rings. The van der Waals surface area contributed by atoms with Crippen LogP contribution in [0.1, 0.15) is 33.1 Å². The minimum absolute atomic E-state index is 0.0700. The van der Waals surface area contributed by atoms with Gasteiger partial charge in [0.2, 0.25) is 0 Å². The summed E-state index contributed by atoms with van der Waals surface area (Å²) in [6.07, 6.45) is 4.58. The van der Waals surface area contributed by atoms with Gasteiger partial charge in [0.1, 0.15) is 0 Å². The van der Waals surface area contributed by atoms with Crippen molar-refractivity contribution in [2.75, 3.05) is 32.8 Å². The highest BCUT2D eigenvalue weighted by molar-refractivity contribution is 5.74. The molecule has 1 rings (SSSR count). The van der Waals surface area contributed by atoms with Gasteiger partial charge in [-0.15, -0.1) is 6.58 Å². The lowest BCUT2D eigenvalue weighted by atomic mass is 9.90. The number of nitrogens with zero attached hydrogens (tertiary/aromatic N) is 1. The van der Waals surface area contributed by atoms with Crippen LogP contribution in [0.15, 0.2) is 12.7 Å². The van der Waals surface area contributed by atoms with Crippen LogP contribution in [0.25, 0.3) is 0 Å². The zero-order valence-corrected chi connectivity index (χ0v) is 12.8. The van der Waals surface area contributed by atoms with Crippen LogP contribution in [0, 0.1) is 5.41 Å². The molecule has 0 unspecified atom stereocenters. The second-order valence-electron chi connectivity index (χ2n) is 6.33. The van der Waals surface area contributed by atoms with Gasteiger partial charge in [-0.05, 0) is 24.7 Å². The second-order valence-corrected chi connectivity index (χ2v) is 6.33. The van der Waals surface area contributed by atoms with E-state index in [2.05, 4.69) is 22.1 Å². The van der Waals surface area contributed by atoms with Gasteiger partial charge in [0, 0.05) is 38.8 Å². The Balaban J connectivity index is 2.22. The molecule has 20 heavy (non-hydrogen) atoms. The third-order valence-electron chi connectivity index (χ3n) is 3.83. The van der Waals surface area contributed by atoms with Crippen molar-refractivity contribution in [2.24, 2.45) is 5.41 Å². The van der Waals surface area contributed by atoms with E-state index in [1.54, 1.807) is 0 Å². The van der Waals surface area contributed by atoms with Crippen LogP contribution in [-0.2, 0) is 0 Å². The monoisotopic (exact) mass is 283 g/mol. The zero-order valence-electron chi connectivity index (χ0n) is 12.8. The van der Waals surface area contributed by atoms with Crippen molar-refractivity contribution in [3.05, 3.63) is 12.7 Å². The zero-order chi connectivity index (χ0) is 15.0. The fourth-order valence-electron chi connectivity index (χ4n) is 2.39. The van der Waals surface area contributed by atoms with Crippen LogP contribution >= 0.6 is 0 Å². The summed E-state index contributed by atoms with van der Waals surface area (Å²) in [6.45, 7) is 11.5. The van der Waals surface area contributed by atoms with Gasteiger partial charge in [0.15, 0.2) is 0 Å². The number of nitrogens with one attached hydrogen (secondary N) is 2. The summed E-state index contributed by atoms with van der Waals surface area (Å²) in [4.78, 5) is 14.2. The standard InChI is InChI=1S/C15H29N3O2/c1-4-8-18-9-5-13(6-10-18)17-14(20)16-12-15(2,3)7-11-19/h4,13,19H,1,5-12H2,2-3H3,(H2,16,17,20). The van der Waals surface area contributed by atoms with E-state index in [1.165, 1.54) is 0 Å². The van der Waals surface area contributed by atoms with Crippen LogP contribution in [0.3, 0.4) is 0 Å². The molecule has 3 N–H and O–H groups in total. The van der Waals surface area contributed by atoms with Crippen molar-refractivity contribution in [1.29, 1.82) is 0 Å². The lowest BCUT2D eigenvalue weighted by Gasteiger charge is -2.32. The molecule has 1 aliphatic rings. The van der Waals surface area contributed by atoms with E-state index in [4.69, 9.17) is 5.11 Å². The predicted octanol–water partition coefficient (Wildman–Crippen LogP) is 1.34. The number of rotatable bonds is 7. The molecular weight excluding hydrogens is 254 g/mol. The first-order valence-corrected chi connectivity index (χ1v) is 7.45. The van der Waals surface area contributed by atoms with Gasteiger partial charge in [-0.1, -0.05) is 19.9 Å². The van der Waals surface area contributed by atoms with Crippen molar-refractivity contribution >= 4 is 6.03 Å². The molecular formula is C15H29N3O2. The lowest BCUT2D eigenvalue weighted by molar-refractivity contribution is 0.191. The molecule has 5 nitrogen and oxygen atoms in total. The van der Waals surface area contributed by atoms with Gasteiger partial charge in [0.25, 0.3) is 0 Å². The molecule has 0 aromatic heterocycles. The van der Waals surface area contributed by atoms with E-state index in [1.807, 2.05) is 19.9 Å². The molecule has 116 valence electrons. The van der Waals surface area contributed by atoms with Gasteiger partial charge in [-0.25, -0.2) is 4.79 Å². The number of amides is 2. The van der Waals surface area contributed by atoms with Crippen molar-refractivity contribution in [1.82, 2.24) is 15.5 Å². The van der Waals surface area contributed by atoms with E-state index in [-0.39, 0.29) is 24.1 Å². The fourth-order valence-corrected chi connectivity index (χ4v) is 2.39. The van der Waals surface area contributed by atoms with Crippen LogP contribution in [-0.4, -0.2) is 54.9 Å². The average molecular weight is 283 g/mol. The number of carbonyl (C=O) groups excluding carboxylic acids is 1. The van der Waals surface area contributed by atoms with Gasteiger partial charge >= 0.3 is 6.03 Å². The van der Waals surface area contributed by atoms with Gasteiger partial charge in [-0.3, -0.25) is 4.90 Å². The minimum atomic E-state index is -0.0989. The maximum Gasteiger partial charge on any atom is 0.315 e. The van der Waals surface area contributed by atoms with Gasteiger partial charge < -0.3 is 15.7 Å². The Labute approximate surface area is 122 Å². The van der Waals surface area contributed by atoms with Crippen molar-refractivity contribution < 1.29 is 9.90 Å². The smallest absolute Gasteiger partial charge is 0.315 e. The summed E-state index contributed by atoms with van der Waals surface area (Å²) in [5.74, 6) is 0. The minimum Gasteiger partial charge on any atom is -0.396 e. The van der Waals surface area contributed by atoms with Crippen LogP contribution in [0.2, 0.25) is 0 Å². The Hall–Kier alpha value is -1.07. The number of piperidine rings is 1. The normalized spacial score (nSPS) is 17.8. The molecule has 0 radical (unpaired) electrons. The largest absolute Gasteiger partial charge is 0.396 e.